The van der Waals surface area contributed by atoms with E-state index in [2.05, 4.69) is 5.32 Å². The van der Waals surface area contributed by atoms with E-state index in [1.165, 1.54) is 0 Å². The van der Waals surface area contributed by atoms with Gasteiger partial charge >= 0.3 is 0 Å². The summed E-state index contributed by atoms with van der Waals surface area (Å²) in [5.74, 6) is -0.0211. The number of amides is 2. The number of benzene rings is 1. The molecule has 20 heavy (non-hydrogen) atoms. The minimum Gasteiger partial charge on any atom is -0.394 e. The van der Waals surface area contributed by atoms with Crippen LogP contribution in [0.5, 0.6) is 0 Å². The molecule has 1 atom stereocenters. The molecule has 2 rings (SSSR count). The molecule has 1 aromatic carbocycles. The zero-order chi connectivity index (χ0) is 14.4. The lowest BCUT2D eigenvalue weighted by atomic mass is 10.1. The summed E-state index contributed by atoms with van der Waals surface area (Å²) in [6.45, 7) is 1.06. The van der Waals surface area contributed by atoms with Crippen molar-refractivity contribution in [2.24, 2.45) is 0 Å². The molecule has 0 unspecified atom stereocenters. The van der Waals surface area contributed by atoms with E-state index >= 15 is 0 Å². The SMILES string of the molecule is O=C(CCN1CCCC1=O)N[C@H](CO)c1ccccc1. The van der Waals surface area contributed by atoms with Crippen molar-refractivity contribution in [1.29, 1.82) is 0 Å². The van der Waals surface area contributed by atoms with Gasteiger partial charge in [0.05, 0.1) is 12.6 Å². The Balaban J connectivity index is 1.82. The Bertz CT molecular complexity index is 461. The van der Waals surface area contributed by atoms with Crippen molar-refractivity contribution in [3.63, 3.8) is 0 Å². The molecular formula is C15H20N2O3. The predicted molar refractivity (Wildman–Crippen MR) is 74.8 cm³/mol. The van der Waals surface area contributed by atoms with Gasteiger partial charge in [-0.05, 0) is 12.0 Å². The van der Waals surface area contributed by atoms with Gasteiger partial charge in [-0.3, -0.25) is 9.59 Å². The summed E-state index contributed by atoms with van der Waals surface area (Å²) in [4.78, 5) is 25.0. The van der Waals surface area contributed by atoms with Crippen LogP contribution in [0, 0.1) is 0 Å². The van der Waals surface area contributed by atoms with Gasteiger partial charge in [0.2, 0.25) is 11.8 Å². The van der Waals surface area contributed by atoms with Gasteiger partial charge in [-0.2, -0.15) is 0 Å². The molecule has 108 valence electrons. The van der Waals surface area contributed by atoms with Gasteiger partial charge in [0.1, 0.15) is 0 Å². The van der Waals surface area contributed by atoms with Gasteiger partial charge in [0, 0.05) is 25.9 Å². The summed E-state index contributed by atoms with van der Waals surface area (Å²) < 4.78 is 0. The first-order valence-corrected chi connectivity index (χ1v) is 6.93. The van der Waals surface area contributed by atoms with Gasteiger partial charge in [-0.25, -0.2) is 0 Å². The van der Waals surface area contributed by atoms with Crippen LogP contribution in [-0.4, -0.2) is 41.5 Å². The fraction of sp³-hybridized carbons (Fsp3) is 0.467. The number of nitrogens with zero attached hydrogens (tertiary/aromatic N) is 1. The Labute approximate surface area is 118 Å². The highest BCUT2D eigenvalue weighted by Crippen LogP contribution is 2.13. The Hall–Kier alpha value is -1.88. The van der Waals surface area contributed by atoms with Gasteiger partial charge in [0.25, 0.3) is 0 Å². The second-order valence-electron chi connectivity index (χ2n) is 4.95. The standard InChI is InChI=1S/C15H20N2O3/c18-11-13(12-5-2-1-3-6-12)16-14(19)8-10-17-9-4-7-15(17)20/h1-3,5-6,13,18H,4,7-11H2,(H,16,19)/t13-/m1/s1. The monoisotopic (exact) mass is 276 g/mol. The van der Waals surface area contributed by atoms with Crippen molar-refractivity contribution < 1.29 is 14.7 Å². The van der Waals surface area contributed by atoms with E-state index < -0.39 is 6.04 Å². The zero-order valence-corrected chi connectivity index (χ0v) is 11.4. The Morgan fingerprint density at radius 3 is 2.70 bits per heavy atom. The van der Waals surface area contributed by atoms with Gasteiger partial charge in [-0.15, -0.1) is 0 Å². The maximum absolute atomic E-state index is 11.9. The highest BCUT2D eigenvalue weighted by molar-refractivity contribution is 5.80. The van der Waals surface area contributed by atoms with Crippen molar-refractivity contribution in [1.82, 2.24) is 10.2 Å². The summed E-state index contributed by atoms with van der Waals surface area (Å²) in [6, 6.07) is 8.97. The van der Waals surface area contributed by atoms with Gasteiger partial charge in [0.15, 0.2) is 0 Å². The highest BCUT2D eigenvalue weighted by Gasteiger charge is 2.21. The summed E-state index contributed by atoms with van der Waals surface area (Å²) >= 11 is 0. The number of rotatable bonds is 6. The minimum absolute atomic E-state index is 0.125. The van der Waals surface area contributed by atoms with Crippen LogP contribution in [0.2, 0.25) is 0 Å². The number of aliphatic hydroxyl groups excluding tert-OH is 1. The van der Waals surface area contributed by atoms with Crippen LogP contribution in [-0.2, 0) is 9.59 Å². The summed E-state index contributed by atoms with van der Waals surface area (Å²) in [5.41, 5.74) is 0.876. The third kappa shape index (κ3) is 3.81. The average Bonchev–Trinajstić information content (AvgIpc) is 2.89. The van der Waals surface area contributed by atoms with E-state index in [-0.39, 0.29) is 24.8 Å². The third-order valence-electron chi connectivity index (χ3n) is 3.50. The molecule has 0 radical (unpaired) electrons. The average molecular weight is 276 g/mol. The number of aliphatic hydroxyl groups is 1. The molecule has 2 N–H and O–H groups in total. The number of nitrogens with one attached hydrogen (secondary N) is 1. The molecule has 1 aromatic rings. The van der Waals surface area contributed by atoms with Crippen LogP contribution in [0.4, 0.5) is 0 Å². The molecule has 0 bridgehead atoms. The first-order chi connectivity index (χ1) is 9.70. The van der Waals surface area contributed by atoms with Crippen LogP contribution >= 0.6 is 0 Å². The van der Waals surface area contributed by atoms with E-state index in [0.717, 1.165) is 18.5 Å². The Morgan fingerprint density at radius 1 is 1.35 bits per heavy atom. The summed E-state index contributed by atoms with van der Waals surface area (Å²) in [7, 11) is 0. The topological polar surface area (TPSA) is 69.6 Å². The maximum Gasteiger partial charge on any atom is 0.222 e. The molecule has 1 aliphatic heterocycles. The van der Waals surface area contributed by atoms with E-state index in [0.29, 0.717) is 13.0 Å². The van der Waals surface area contributed by atoms with Crippen molar-refractivity contribution in [3.8, 4) is 0 Å². The lowest BCUT2D eigenvalue weighted by Gasteiger charge is -2.19. The molecule has 0 spiro atoms. The van der Waals surface area contributed by atoms with E-state index in [1.54, 1.807) is 4.90 Å². The molecule has 2 amide bonds. The molecular weight excluding hydrogens is 256 g/mol. The lowest BCUT2D eigenvalue weighted by Crippen LogP contribution is -2.34. The van der Waals surface area contributed by atoms with Gasteiger partial charge in [-0.1, -0.05) is 30.3 Å². The van der Waals surface area contributed by atoms with Gasteiger partial charge < -0.3 is 15.3 Å². The van der Waals surface area contributed by atoms with E-state index in [1.807, 2.05) is 30.3 Å². The van der Waals surface area contributed by atoms with E-state index in [4.69, 9.17) is 0 Å². The Kier molecular flexibility index (Phi) is 5.12. The predicted octanol–water partition coefficient (Wildman–Crippen LogP) is 0.849. The number of hydrogen-bond donors (Lipinski definition) is 2. The smallest absolute Gasteiger partial charge is 0.222 e. The molecule has 1 heterocycles. The van der Waals surface area contributed by atoms with Crippen molar-refractivity contribution in [2.45, 2.75) is 25.3 Å². The molecule has 0 aromatic heterocycles. The molecule has 1 saturated heterocycles. The van der Waals surface area contributed by atoms with Crippen molar-refractivity contribution >= 4 is 11.8 Å². The number of carbonyl (C=O) groups is 2. The molecule has 0 aliphatic carbocycles. The molecule has 1 aliphatic rings. The molecule has 5 heteroatoms. The van der Waals surface area contributed by atoms with Crippen LogP contribution in [0.25, 0.3) is 0 Å². The normalized spacial score (nSPS) is 16.2. The number of carbonyl (C=O) groups excluding carboxylic acids is 2. The van der Waals surface area contributed by atoms with Crippen LogP contribution in [0.1, 0.15) is 30.9 Å². The van der Waals surface area contributed by atoms with Crippen molar-refractivity contribution in [3.05, 3.63) is 35.9 Å². The lowest BCUT2D eigenvalue weighted by molar-refractivity contribution is -0.128. The number of hydrogen-bond acceptors (Lipinski definition) is 3. The summed E-state index contributed by atoms with van der Waals surface area (Å²) in [5, 5.41) is 12.2. The fourth-order valence-corrected chi connectivity index (χ4v) is 2.36. The van der Waals surface area contributed by atoms with Crippen molar-refractivity contribution in [2.75, 3.05) is 19.7 Å². The molecule has 0 saturated carbocycles. The number of likely N-dealkylation sites (tertiary alicyclic amines) is 1. The van der Waals surface area contributed by atoms with E-state index in [9.17, 15) is 14.7 Å². The molecule has 5 nitrogen and oxygen atoms in total. The maximum atomic E-state index is 11.9. The molecule has 1 fully saturated rings. The quantitative estimate of drug-likeness (QED) is 0.809. The second kappa shape index (κ2) is 7.05. The first-order valence-electron chi connectivity index (χ1n) is 6.93. The largest absolute Gasteiger partial charge is 0.394 e. The Morgan fingerprint density at radius 2 is 2.10 bits per heavy atom. The van der Waals surface area contributed by atoms with Crippen LogP contribution in [0.3, 0.4) is 0 Å². The highest BCUT2D eigenvalue weighted by atomic mass is 16.3. The third-order valence-corrected chi connectivity index (χ3v) is 3.50. The minimum atomic E-state index is -0.391. The van der Waals surface area contributed by atoms with Crippen LogP contribution < -0.4 is 5.32 Å². The zero-order valence-electron chi connectivity index (χ0n) is 11.4. The first kappa shape index (κ1) is 14.5. The fourth-order valence-electron chi connectivity index (χ4n) is 2.36. The second-order valence-corrected chi connectivity index (χ2v) is 4.95. The summed E-state index contributed by atoms with van der Waals surface area (Å²) in [6.07, 6.45) is 1.74. The van der Waals surface area contributed by atoms with Crippen LogP contribution in [0.15, 0.2) is 30.3 Å².